The highest BCUT2D eigenvalue weighted by Crippen LogP contribution is 2.32. The molecule has 0 bridgehead atoms. The number of carbonyl (C=O) groups excluding carboxylic acids is 1. The van der Waals surface area contributed by atoms with Crippen molar-refractivity contribution in [2.45, 2.75) is 31.4 Å². The second-order valence-electron chi connectivity index (χ2n) is 5.10. The molecule has 4 heteroatoms. The average Bonchev–Trinajstić information content (AvgIpc) is 2.48. The van der Waals surface area contributed by atoms with E-state index in [1.54, 1.807) is 0 Å². The van der Waals surface area contributed by atoms with Gasteiger partial charge >= 0.3 is 5.97 Å². The second kappa shape index (κ2) is 5.72. The molecule has 1 fully saturated rings. The van der Waals surface area contributed by atoms with Gasteiger partial charge in [-0.25, -0.2) is 0 Å². The number of fused-ring (bicyclic) bond motifs is 1. The molecule has 0 saturated carbocycles. The van der Waals surface area contributed by atoms with E-state index in [9.17, 15) is 4.79 Å². The second-order valence-corrected chi connectivity index (χ2v) is 5.10. The summed E-state index contributed by atoms with van der Waals surface area (Å²) in [6.45, 7) is 1.78. The Kier molecular flexibility index (Phi) is 3.80. The number of ether oxygens (including phenoxy) is 2. The summed E-state index contributed by atoms with van der Waals surface area (Å²) in [7, 11) is 0. The van der Waals surface area contributed by atoms with Gasteiger partial charge in [-0.15, -0.1) is 0 Å². The number of morpholine rings is 1. The van der Waals surface area contributed by atoms with Crippen LogP contribution in [0.5, 0.6) is 0 Å². The van der Waals surface area contributed by atoms with Gasteiger partial charge in [-0.1, -0.05) is 24.3 Å². The Morgan fingerprint density at radius 3 is 3.11 bits per heavy atom. The van der Waals surface area contributed by atoms with E-state index in [1.807, 2.05) is 12.1 Å². The van der Waals surface area contributed by atoms with Crippen LogP contribution >= 0.6 is 0 Å². The third kappa shape index (κ3) is 2.80. The molecule has 19 heavy (non-hydrogen) atoms. The van der Waals surface area contributed by atoms with E-state index in [0.717, 1.165) is 19.3 Å². The quantitative estimate of drug-likeness (QED) is 0.821. The summed E-state index contributed by atoms with van der Waals surface area (Å²) in [4.78, 5) is 12.1. The van der Waals surface area contributed by atoms with Gasteiger partial charge in [0.2, 0.25) is 0 Å². The highest BCUT2D eigenvalue weighted by atomic mass is 16.5. The molecule has 1 saturated heterocycles. The first-order valence-corrected chi connectivity index (χ1v) is 6.94. The fourth-order valence-corrected chi connectivity index (χ4v) is 2.77. The summed E-state index contributed by atoms with van der Waals surface area (Å²) in [5.41, 5.74) is 2.47. The zero-order valence-electron chi connectivity index (χ0n) is 10.9. The molecule has 1 heterocycles. The van der Waals surface area contributed by atoms with Crippen LogP contribution in [-0.4, -0.2) is 31.8 Å². The zero-order valence-corrected chi connectivity index (χ0v) is 10.9. The SMILES string of the molecule is O=C(OC1CCCc2ccccc21)C1COCCN1. The van der Waals surface area contributed by atoms with E-state index < -0.39 is 0 Å². The van der Waals surface area contributed by atoms with E-state index in [2.05, 4.69) is 17.4 Å². The van der Waals surface area contributed by atoms with E-state index in [4.69, 9.17) is 9.47 Å². The smallest absolute Gasteiger partial charge is 0.326 e. The van der Waals surface area contributed by atoms with Gasteiger partial charge in [0.25, 0.3) is 0 Å². The molecule has 2 aliphatic rings. The van der Waals surface area contributed by atoms with Crippen LogP contribution in [0.1, 0.15) is 30.1 Å². The number of rotatable bonds is 2. The van der Waals surface area contributed by atoms with Gasteiger partial charge in [0.05, 0.1) is 13.2 Å². The maximum absolute atomic E-state index is 12.1. The van der Waals surface area contributed by atoms with Crippen LogP contribution < -0.4 is 5.32 Å². The minimum absolute atomic E-state index is 0.0961. The number of aryl methyl sites for hydroxylation is 1. The molecule has 0 spiro atoms. The summed E-state index contributed by atoms with van der Waals surface area (Å²) < 4.78 is 11.0. The Bertz CT molecular complexity index is 454. The highest BCUT2D eigenvalue weighted by molar-refractivity contribution is 5.76. The molecular formula is C15H19NO3. The predicted octanol–water partition coefficient (Wildman–Crippen LogP) is 1.60. The van der Waals surface area contributed by atoms with E-state index in [-0.39, 0.29) is 18.1 Å². The number of carbonyl (C=O) groups is 1. The van der Waals surface area contributed by atoms with Crippen molar-refractivity contribution in [2.75, 3.05) is 19.8 Å². The number of benzene rings is 1. The zero-order chi connectivity index (χ0) is 13.1. The molecule has 0 amide bonds. The van der Waals surface area contributed by atoms with Crippen LogP contribution in [0.3, 0.4) is 0 Å². The molecular weight excluding hydrogens is 242 g/mol. The number of hydrogen-bond donors (Lipinski definition) is 1. The Hall–Kier alpha value is -1.39. The van der Waals surface area contributed by atoms with Crippen molar-refractivity contribution in [3.8, 4) is 0 Å². The third-order valence-electron chi connectivity index (χ3n) is 3.78. The lowest BCUT2D eigenvalue weighted by molar-refractivity contribution is -0.155. The Morgan fingerprint density at radius 2 is 2.26 bits per heavy atom. The van der Waals surface area contributed by atoms with Gasteiger partial charge in [-0.2, -0.15) is 0 Å². The topological polar surface area (TPSA) is 47.6 Å². The lowest BCUT2D eigenvalue weighted by Crippen LogP contribution is -2.47. The Labute approximate surface area is 113 Å². The molecule has 3 rings (SSSR count). The van der Waals surface area contributed by atoms with Gasteiger partial charge < -0.3 is 14.8 Å². The molecule has 2 atom stereocenters. The van der Waals surface area contributed by atoms with E-state index >= 15 is 0 Å². The Morgan fingerprint density at radius 1 is 1.37 bits per heavy atom. The fraction of sp³-hybridized carbons (Fsp3) is 0.533. The van der Waals surface area contributed by atoms with Gasteiger partial charge in [0.15, 0.2) is 0 Å². The van der Waals surface area contributed by atoms with Crippen molar-refractivity contribution in [2.24, 2.45) is 0 Å². The minimum Gasteiger partial charge on any atom is -0.456 e. The van der Waals surface area contributed by atoms with Gasteiger partial charge in [-0.05, 0) is 30.4 Å². The molecule has 1 aliphatic carbocycles. The van der Waals surface area contributed by atoms with Crippen LogP contribution in [-0.2, 0) is 20.7 Å². The van der Waals surface area contributed by atoms with Crippen molar-refractivity contribution in [3.63, 3.8) is 0 Å². The largest absolute Gasteiger partial charge is 0.456 e. The van der Waals surface area contributed by atoms with Crippen molar-refractivity contribution in [1.29, 1.82) is 0 Å². The van der Waals surface area contributed by atoms with E-state index in [0.29, 0.717) is 19.8 Å². The summed E-state index contributed by atoms with van der Waals surface area (Å²) in [5, 5.41) is 3.13. The molecule has 1 aromatic carbocycles. The summed E-state index contributed by atoms with van der Waals surface area (Å²) in [6, 6.07) is 7.92. The monoisotopic (exact) mass is 261 g/mol. The van der Waals surface area contributed by atoms with Crippen molar-refractivity contribution < 1.29 is 14.3 Å². The maximum atomic E-state index is 12.1. The van der Waals surface area contributed by atoms with Crippen molar-refractivity contribution in [3.05, 3.63) is 35.4 Å². The van der Waals surface area contributed by atoms with E-state index in [1.165, 1.54) is 11.1 Å². The molecule has 0 radical (unpaired) electrons. The lowest BCUT2D eigenvalue weighted by Gasteiger charge is -2.28. The van der Waals surface area contributed by atoms with Crippen molar-refractivity contribution in [1.82, 2.24) is 5.32 Å². The van der Waals surface area contributed by atoms with Gasteiger partial charge in [-0.3, -0.25) is 4.79 Å². The maximum Gasteiger partial charge on any atom is 0.326 e. The highest BCUT2D eigenvalue weighted by Gasteiger charge is 2.28. The minimum atomic E-state index is -0.317. The molecule has 2 unspecified atom stereocenters. The van der Waals surface area contributed by atoms with Crippen LogP contribution in [0.15, 0.2) is 24.3 Å². The first kappa shape index (κ1) is 12.6. The number of hydrogen-bond acceptors (Lipinski definition) is 4. The average molecular weight is 261 g/mol. The lowest BCUT2D eigenvalue weighted by atomic mass is 9.89. The van der Waals surface area contributed by atoms with Crippen LogP contribution in [0.4, 0.5) is 0 Å². The molecule has 1 aliphatic heterocycles. The normalized spacial score (nSPS) is 26.5. The third-order valence-corrected chi connectivity index (χ3v) is 3.78. The molecule has 1 N–H and O–H groups in total. The van der Waals surface area contributed by atoms with Crippen molar-refractivity contribution >= 4 is 5.97 Å². The number of esters is 1. The molecule has 102 valence electrons. The Balaban J connectivity index is 1.68. The van der Waals surface area contributed by atoms with Crippen LogP contribution in [0.25, 0.3) is 0 Å². The standard InChI is InChI=1S/C15H19NO3/c17-15(13-10-18-9-8-16-13)19-14-7-3-5-11-4-1-2-6-12(11)14/h1-2,4,6,13-14,16H,3,5,7-10H2. The number of nitrogens with one attached hydrogen (secondary N) is 1. The van der Waals surface area contributed by atoms with Crippen LogP contribution in [0.2, 0.25) is 0 Å². The summed E-state index contributed by atoms with van der Waals surface area (Å²) in [5.74, 6) is -0.193. The van der Waals surface area contributed by atoms with Crippen LogP contribution in [0, 0.1) is 0 Å². The van der Waals surface area contributed by atoms with Gasteiger partial charge in [0.1, 0.15) is 12.1 Å². The molecule has 0 aromatic heterocycles. The molecule has 1 aromatic rings. The predicted molar refractivity (Wildman–Crippen MR) is 70.8 cm³/mol. The first-order chi connectivity index (χ1) is 9.34. The summed E-state index contributed by atoms with van der Waals surface area (Å²) >= 11 is 0. The summed E-state index contributed by atoms with van der Waals surface area (Å²) in [6.07, 6.45) is 2.97. The fourth-order valence-electron chi connectivity index (χ4n) is 2.77. The molecule has 4 nitrogen and oxygen atoms in total. The first-order valence-electron chi connectivity index (χ1n) is 6.94. The van der Waals surface area contributed by atoms with Gasteiger partial charge in [0, 0.05) is 6.54 Å².